The fourth-order valence-electron chi connectivity index (χ4n) is 2.13. The van der Waals surface area contributed by atoms with Crippen molar-refractivity contribution >= 4 is 11.6 Å². The molecule has 21 heavy (non-hydrogen) atoms. The first-order valence-electron chi connectivity index (χ1n) is 7.31. The molecule has 120 valence electrons. The molecule has 0 heterocycles. The zero-order valence-electron chi connectivity index (χ0n) is 12.9. The number of aryl methyl sites for hydroxylation is 2. The van der Waals surface area contributed by atoms with Crippen molar-refractivity contribution in [2.75, 3.05) is 19.8 Å². The van der Waals surface area contributed by atoms with Gasteiger partial charge in [-0.2, -0.15) is 0 Å². The maximum Gasteiger partial charge on any atom is 0.261 e. The van der Waals surface area contributed by atoms with Crippen molar-refractivity contribution in [1.29, 1.82) is 0 Å². The van der Waals surface area contributed by atoms with Gasteiger partial charge in [0, 0.05) is 17.7 Å². The Bertz CT molecular complexity index is 441. The first-order valence-corrected chi connectivity index (χ1v) is 7.69. The van der Waals surface area contributed by atoms with Gasteiger partial charge in [-0.3, -0.25) is 0 Å². The number of nitrogens with one attached hydrogen (secondary N) is 1. The number of rotatable bonds is 9. The number of alkyl halides is 2. The van der Waals surface area contributed by atoms with E-state index in [2.05, 4.69) is 18.3 Å². The lowest BCUT2D eigenvalue weighted by atomic mass is 9.99. The smallest absolute Gasteiger partial charge is 0.261 e. The summed E-state index contributed by atoms with van der Waals surface area (Å²) in [6.07, 6.45) is -0.802. The Balaban J connectivity index is 2.74. The lowest BCUT2D eigenvalue weighted by molar-refractivity contribution is 0.0143. The van der Waals surface area contributed by atoms with Gasteiger partial charge in [0.25, 0.3) is 6.43 Å². The minimum Gasteiger partial charge on any atom is -0.375 e. The molecule has 5 heteroatoms. The zero-order valence-corrected chi connectivity index (χ0v) is 13.6. The van der Waals surface area contributed by atoms with Gasteiger partial charge in [-0.25, -0.2) is 8.78 Å². The van der Waals surface area contributed by atoms with E-state index in [0.717, 1.165) is 24.1 Å². The standard InChI is InChI=1S/C16H24ClF2NO/c1-4-6-20-15(5-7-21-10-16(18)19)13-8-11(2)12(3)9-14(13)17/h8-9,15-16,20H,4-7,10H2,1-3H3. The molecule has 0 aromatic heterocycles. The molecule has 0 aliphatic heterocycles. The van der Waals surface area contributed by atoms with Crippen molar-refractivity contribution < 1.29 is 13.5 Å². The average Bonchev–Trinajstić information content (AvgIpc) is 2.42. The normalized spacial score (nSPS) is 12.9. The number of benzene rings is 1. The molecule has 0 saturated carbocycles. The molecule has 2 nitrogen and oxygen atoms in total. The monoisotopic (exact) mass is 319 g/mol. The van der Waals surface area contributed by atoms with Gasteiger partial charge in [-0.15, -0.1) is 0 Å². The van der Waals surface area contributed by atoms with E-state index in [-0.39, 0.29) is 12.6 Å². The Morgan fingerprint density at radius 1 is 1.24 bits per heavy atom. The molecule has 1 rings (SSSR count). The molecule has 0 aliphatic carbocycles. The lowest BCUT2D eigenvalue weighted by Gasteiger charge is -2.21. The Morgan fingerprint density at radius 2 is 1.90 bits per heavy atom. The van der Waals surface area contributed by atoms with Gasteiger partial charge in [-0.05, 0) is 56.0 Å². The number of ether oxygens (including phenoxy) is 1. The highest BCUT2D eigenvalue weighted by molar-refractivity contribution is 6.31. The van der Waals surface area contributed by atoms with Crippen LogP contribution in [0.3, 0.4) is 0 Å². The molecule has 1 atom stereocenters. The molecule has 1 aromatic rings. The fourth-order valence-corrected chi connectivity index (χ4v) is 2.48. The Hall–Kier alpha value is -0.710. The van der Waals surface area contributed by atoms with E-state index in [1.807, 2.05) is 19.9 Å². The number of halogens is 3. The first-order chi connectivity index (χ1) is 9.95. The second-order valence-electron chi connectivity index (χ2n) is 5.22. The average molecular weight is 320 g/mol. The molecular weight excluding hydrogens is 296 g/mol. The third-order valence-electron chi connectivity index (χ3n) is 3.42. The van der Waals surface area contributed by atoms with Gasteiger partial charge < -0.3 is 10.1 Å². The predicted molar refractivity (Wildman–Crippen MR) is 83.4 cm³/mol. The molecular formula is C16H24ClF2NO. The predicted octanol–water partition coefficient (Wildman–Crippen LogP) is 4.67. The molecule has 0 fully saturated rings. The van der Waals surface area contributed by atoms with Crippen LogP contribution in [0.2, 0.25) is 5.02 Å². The second-order valence-corrected chi connectivity index (χ2v) is 5.63. The summed E-state index contributed by atoms with van der Waals surface area (Å²) in [6.45, 7) is 6.77. The Labute approximate surface area is 130 Å². The Kier molecular flexibility index (Phi) is 8.15. The first kappa shape index (κ1) is 18.3. The third kappa shape index (κ3) is 6.29. The molecule has 0 saturated heterocycles. The third-order valence-corrected chi connectivity index (χ3v) is 3.75. The fraction of sp³-hybridized carbons (Fsp3) is 0.625. The highest BCUT2D eigenvalue weighted by atomic mass is 35.5. The van der Waals surface area contributed by atoms with Gasteiger partial charge in [0.2, 0.25) is 0 Å². The summed E-state index contributed by atoms with van der Waals surface area (Å²) in [4.78, 5) is 0. The molecule has 0 aliphatic rings. The van der Waals surface area contributed by atoms with Crippen LogP contribution in [0.15, 0.2) is 12.1 Å². The van der Waals surface area contributed by atoms with Gasteiger partial charge >= 0.3 is 0 Å². The van der Waals surface area contributed by atoms with E-state index in [1.54, 1.807) is 0 Å². The van der Waals surface area contributed by atoms with Crippen LogP contribution in [0.5, 0.6) is 0 Å². The number of hydrogen-bond acceptors (Lipinski definition) is 2. The number of hydrogen-bond donors (Lipinski definition) is 1. The van der Waals surface area contributed by atoms with E-state index in [1.165, 1.54) is 5.56 Å². The summed E-state index contributed by atoms with van der Waals surface area (Å²) in [5.74, 6) is 0. The molecule has 1 unspecified atom stereocenters. The van der Waals surface area contributed by atoms with Crippen LogP contribution in [0.1, 0.15) is 42.5 Å². The van der Waals surface area contributed by atoms with Crippen molar-refractivity contribution in [3.63, 3.8) is 0 Å². The van der Waals surface area contributed by atoms with Crippen LogP contribution in [-0.4, -0.2) is 26.2 Å². The minimum atomic E-state index is -2.42. The molecule has 0 bridgehead atoms. The van der Waals surface area contributed by atoms with E-state index in [4.69, 9.17) is 16.3 Å². The quantitative estimate of drug-likeness (QED) is 0.668. The maximum atomic E-state index is 12.1. The lowest BCUT2D eigenvalue weighted by Crippen LogP contribution is -2.24. The van der Waals surface area contributed by atoms with Gasteiger partial charge in [0.15, 0.2) is 0 Å². The van der Waals surface area contributed by atoms with Crippen LogP contribution >= 0.6 is 11.6 Å². The summed E-state index contributed by atoms with van der Waals surface area (Å²) in [7, 11) is 0. The van der Waals surface area contributed by atoms with Gasteiger partial charge in [0.1, 0.15) is 6.61 Å². The summed E-state index contributed by atoms with van der Waals surface area (Å²) in [5, 5.41) is 4.12. The highest BCUT2D eigenvalue weighted by Gasteiger charge is 2.15. The van der Waals surface area contributed by atoms with Crippen molar-refractivity contribution in [1.82, 2.24) is 5.32 Å². The summed E-state index contributed by atoms with van der Waals surface area (Å²) >= 11 is 6.34. The van der Waals surface area contributed by atoms with Gasteiger partial charge in [0.05, 0.1) is 0 Å². The maximum absolute atomic E-state index is 12.1. The summed E-state index contributed by atoms with van der Waals surface area (Å²) in [6, 6.07) is 4.04. The van der Waals surface area contributed by atoms with Crippen molar-refractivity contribution in [3.8, 4) is 0 Å². The Morgan fingerprint density at radius 3 is 2.52 bits per heavy atom. The van der Waals surface area contributed by atoms with Crippen LogP contribution in [0, 0.1) is 13.8 Å². The van der Waals surface area contributed by atoms with Crippen molar-refractivity contribution in [2.24, 2.45) is 0 Å². The minimum absolute atomic E-state index is 0.0226. The van der Waals surface area contributed by atoms with Crippen LogP contribution in [-0.2, 0) is 4.74 Å². The SMILES string of the molecule is CCCNC(CCOCC(F)F)c1cc(C)c(C)cc1Cl. The van der Waals surface area contributed by atoms with Crippen LogP contribution in [0.4, 0.5) is 8.78 Å². The van der Waals surface area contributed by atoms with E-state index >= 15 is 0 Å². The van der Waals surface area contributed by atoms with E-state index in [9.17, 15) is 8.78 Å². The zero-order chi connectivity index (χ0) is 15.8. The molecule has 0 amide bonds. The largest absolute Gasteiger partial charge is 0.375 e. The topological polar surface area (TPSA) is 21.3 Å². The summed E-state index contributed by atoms with van der Waals surface area (Å²) < 4.78 is 29.2. The van der Waals surface area contributed by atoms with Crippen molar-refractivity contribution in [2.45, 2.75) is 46.1 Å². The summed E-state index contributed by atoms with van der Waals surface area (Å²) in [5.41, 5.74) is 3.33. The van der Waals surface area contributed by atoms with Crippen LogP contribution < -0.4 is 5.32 Å². The molecule has 0 spiro atoms. The van der Waals surface area contributed by atoms with Crippen LogP contribution in [0.25, 0.3) is 0 Å². The highest BCUT2D eigenvalue weighted by Crippen LogP contribution is 2.28. The molecule has 0 radical (unpaired) electrons. The van der Waals surface area contributed by atoms with E-state index in [0.29, 0.717) is 11.4 Å². The second kappa shape index (κ2) is 9.34. The molecule has 1 N–H and O–H groups in total. The van der Waals surface area contributed by atoms with Crippen molar-refractivity contribution in [3.05, 3.63) is 33.8 Å². The van der Waals surface area contributed by atoms with Gasteiger partial charge in [-0.1, -0.05) is 24.6 Å². The molecule has 1 aromatic carbocycles. The van der Waals surface area contributed by atoms with E-state index < -0.39 is 13.0 Å².